The molecule has 0 bridgehead atoms. The highest BCUT2D eigenvalue weighted by atomic mass is 16.5. The summed E-state index contributed by atoms with van der Waals surface area (Å²) in [6.45, 7) is 20.6. The molecule has 3 amide bonds. The highest BCUT2D eigenvalue weighted by Gasteiger charge is 2.45. The van der Waals surface area contributed by atoms with Crippen LogP contribution in [0.25, 0.3) is 0 Å². The Labute approximate surface area is 230 Å². The maximum absolute atomic E-state index is 13.9. The third-order valence-corrected chi connectivity index (χ3v) is 7.59. The molecular weight excluding hydrogens is 484 g/mol. The monoisotopic (exact) mass is 538 g/mol. The lowest BCUT2D eigenvalue weighted by Gasteiger charge is -2.41. The summed E-state index contributed by atoms with van der Waals surface area (Å²) >= 11 is 0. The summed E-state index contributed by atoms with van der Waals surface area (Å²) in [5.41, 5.74) is 3.80. The van der Waals surface area contributed by atoms with Crippen molar-refractivity contribution < 1.29 is 23.9 Å². The molecule has 0 unspecified atom stereocenters. The molecule has 0 fully saturated rings. The molecule has 4 N–H and O–H groups in total. The summed E-state index contributed by atoms with van der Waals surface area (Å²) in [7, 11) is 1.67. The van der Waals surface area contributed by atoms with Crippen LogP contribution in [0, 0.1) is 11.3 Å². The quantitative estimate of drug-likeness (QED) is 0.228. The summed E-state index contributed by atoms with van der Waals surface area (Å²) in [4.78, 5) is 54.6. The molecule has 0 heterocycles. The fourth-order valence-electron chi connectivity index (χ4n) is 4.31. The molecule has 9 nitrogen and oxygen atoms in total. The molecule has 0 aliphatic rings. The average Bonchev–Trinajstić information content (AvgIpc) is 2.86. The van der Waals surface area contributed by atoms with E-state index in [0.717, 1.165) is 0 Å². The van der Waals surface area contributed by atoms with E-state index >= 15 is 0 Å². The Kier molecular flexibility index (Phi) is 13.7. The van der Waals surface area contributed by atoms with Gasteiger partial charge in [-0.3, -0.25) is 14.4 Å². The first kappa shape index (κ1) is 35.6. The zero-order valence-electron chi connectivity index (χ0n) is 25.9. The van der Waals surface area contributed by atoms with Crippen molar-refractivity contribution in [3.8, 4) is 0 Å². The first-order valence-electron chi connectivity index (χ1n) is 14.0. The minimum Gasteiger partial charge on any atom is -0.463 e. The van der Waals surface area contributed by atoms with E-state index in [1.165, 1.54) is 0 Å². The highest BCUT2D eigenvalue weighted by Crippen LogP contribution is 2.26. The number of nitrogens with one attached hydrogen (secondary N) is 2. The predicted molar refractivity (Wildman–Crippen MR) is 152 cm³/mol. The molecule has 0 aromatic carbocycles. The molecule has 0 saturated carbocycles. The Morgan fingerprint density at radius 2 is 1.42 bits per heavy atom. The van der Waals surface area contributed by atoms with Crippen LogP contribution in [0.1, 0.15) is 102 Å². The van der Waals surface area contributed by atoms with Gasteiger partial charge in [0.25, 0.3) is 0 Å². The lowest BCUT2D eigenvalue weighted by atomic mass is 9.83. The first-order chi connectivity index (χ1) is 17.4. The Balaban J connectivity index is 6.28. The number of esters is 1. The van der Waals surface area contributed by atoms with Gasteiger partial charge in [0.1, 0.15) is 11.6 Å². The summed E-state index contributed by atoms with van der Waals surface area (Å²) < 4.78 is 5.10. The van der Waals surface area contributed by atoms with Crippen molar-refractivity contribution in [1.82, 2.24) is 15.5 Å². The molecule has 0 aromatic rings. The van der Waals surface area contributed by atoms with Gasteiger partial charge in [-0.25, -0.2) is 4.79 Å². The maximum atomic E-state index is 13.9. The Morgan fingerprint density at radius 3 is 1.79 bits per heavy atom. The van der Waals surface area contributed by atoms with Gasteiger partial charge in [-0.1, -0.05) is 68.4 Å². The van der Waals surface area contributed by atoms with Crippen LogP contribution >= 0.6 is 0 Å². The van der Waals surface area contributed by atoms with Gasteiger partial charge in [-0.05, 0) is 50.9 Å². The van der Waals surface area contributed by atoms with E-state index in [1.54, 1.807) is 31.9 Å². The molecular formula is C29H54N4O5. The van der Waals surface area contributed by atoms with Crippen molar-refractivity contribution >= 4 is 23.7 Å². The van der Waals surface area contributed by atoms with Gasteiger partial charge in [0.05, 0.1) is 18.2 Å². The van der Waals surface area contributed by atoms with Gasteiger partial charge < -0.3 is 26.0 Å². The van der Waals surface area contributed by atoms with Gasteiger partial charge in [0.2, 0.25) is 17.7 Å². The number of carbonyl (C=O) groups is 4. The minimum atomic E-state index is -1.22. The fraction of sp³-hybridized carbons (Fsp3) is 0.793. The molecule has 0 aliphatic heterocycles. The number of likely N-dealkylation sites (N-methyl/N-ethyl adjacent to an activating group) is 1. The largest absolute Gasteiger partial charge is 0.463 e. The molecule has 220 valence electrons. The number of amides is 3. The fourth-order valence-corrected chi connectivity index (χ4v) is 4.31. The second kappa shape index (κ2) is 14.7. The van der Waals surface area contributed by atoms with Crippen molar-refractivity contribution in [3.05, 3.63) is 11.6 Å². The zero-order chi connectivity index (χ0) is 30.1. The molecule has 2 atom stereocenters. The Hall–Kier alpha value is -2.42. The van der Waals surface area contributed by atoms with E-state index in [1.807, 2.05) is 62.3 Å². The van der Waals surface area contributed by atoms with E-state index in [2.05, 4.69) is 10.6 Å². The third-order valence-electron chi connectivity index (χ3n) is 7.59. The SMILES string of the molecule is CCOC(=O)/C(C)=C/[C@H](C(C)C)N(C)C(=O)[C@@H](NC(=O)C(CC)(CC)NC(=O)C(N)(CC)CC)C(C)(C)C. The van der Waals surface area contributed by atoms with Crippen molar-refractivity contribution in [3.63, 3.8) is 0 Å². The van der Waals surface area contributed by atoms with Crippen molar-refractivity contribution in [2.24, 2.45) is 17.1 Å². The molecule has 38 heavy (non-hydrogen) atoms. The third kappa shape index (κ3) is 8.82. The number of nitrogens with two attached hydrogens (primary N) is 1. The smallest absolute Gasteiger partial charge is 0.333 e. The lowest BCUT2D eigenvalue weighted by molar-refractivity contribution is -0.143. The van der Waals surface area contributed by atoms with E-state index in [0.29, 0.717) is 31.3 Å². The van der Waals surface area contributed by atoms with Gasteiger partial charge in [0, 0.05) is 12.6 Å². The number of hydrogen-bond acceptors (Lipinski definition) is 6. The zero-order valence-corrected chi connectivity index (χ0v) is 25.9. The molecule has 0 spiro atoms. The lowest BCUT2D eigenvalue weighted by Crippen LogP contribution is -2.67. The van der Waals surface area contributed by atoms with Crippen LogP contribution in [0.2, 0.25) is 0 Å². The predicted octanol–water partition coefficient (Wildman–Crippen LogP) is 3.70. The van der Waals surface area contributed by atoms with Gasteiger partial charge in [0.15, 0.2) is 0 Å². The van der Waals surface area contributed by atoms with E-state index in [9.17, 15) is 19.2 Å². The minimum absolute atomic E-state index is 0.00456. The number of carbonyl (C=O) groups excluding carboxylic acids is 4. The van der Waals surface area contributed by atoms with Crippen LogP contribution in [0.3, 0.4) is 0 Å². The number of ether oxygens (including phenoxy) is 1. The second-order valence-corrected chi connectivity index (χ2v) is 11.6. The molecule has 9 heteroatoms. The standard InChI is InChI=1S/C29H54N4O5/c1-13-28(30,14-2)25(36)32-29(15-3,16-4)26(37)31-22(27(9,10)11)23(34)33(12)21(19(6)7)18-20(8)24(35)38-17-5/h18-19,21-22H,13-17,30H2,1-12H3,(H,31,37)(H,32,36)/b20-18+/t21-,22-/m1/s1. The van der Waals surface area contributed by atoms with Crippen molar-refractivity contribution in [2.45, 2.75) is 125 Å². The molecule has 0 saturated heterocycles. The maximum Gasteiger partial charge on any atom is 0.333 e. The first-order valence-corrected chi connectivity index (χ1v) is 14.0. The molecule has 0 aromatic heterocycles. The highest BCUT2D eigenvalue weighted by molar-refractivity contribution is 5.97. The number of hydrogen-bond donors (Lipinski definition) is 3. The Morgan fingerprint density at radius 1 is 0.921 bits per heavy atom. The van der Waals surface area contributed by atoms with Crippen LogP contribution in [-0.4, -0.2) is 65.4 Å². The van der Waals surface area contributed by atoms with E-state index in [4.69, 9.17) is 10.5 Å². The van der Waals surface area contributed by atoms with Crippen LogP contribution in [0.4, 0.5) is 0 Å². The average molecular weight is 539 g/mol. The topological polar surface area (TPSA) is 131 Å². The summed E-state index contributed by atoms with van der Waals surface area (Å²) in [5.74, 6) is -1.53. The molecule has 0 radical (unpaired) electrons. The Bertz CT molecular complexity index is 852. The van der Waals surface area contributed by atoms with Crippen LogP contribution < -0.4 is 16.4 Å². The number of nitrogens with zero attached hydrogens (tertiary/aromatic N) is 1. The molecule has 0 rings (SSSR count). The van der Waals surface area contributed by atoms with Gasteiger partial charge >= 0.3 is 5.97 Å². The van der Waals surface area contributed by atoms with E-state index in [-0.39, 0.29) is 24.3 Å². The summed E-state index contributed by atoms with van der Waals surface area (Å²) in [6, 6.07) is -1.28. The second-order valence-electron chi connectivity index (χ2n) is 11.6. The summed E-state index contributed by atoms with van der Waals surface area (Å²) in [5, 5.41) is 5.89. The normalized spacial score (nSPS) is 14.5. The van der Waals surface area contributed by atoms with Gasteiger partial charge in [-0.2, -0.15) is 0 Å². The van der Waals surface area contributed by atoms with Crippen LogP contribution in [0.5, 0.6) is 0 Å². The van der Waals surface area contributed by atoms with Crippen molar-refractivity contribution in [1.29, 1.82) is 0 Å². The van der Waals surface area contributed by atoms with Gasteiger partial charge in [-0.15, -0.1) is 0 Å². The van der Waals surface area contributed by atoms with Crippen LogP contribution in [0.15, 0.2) is 11.6 Å². The molecule has 0 aliphatic carbocycles. The van der Waals surface area contributed by atoms with E-state index < -0.39 is 40.5 Å². The van der Waals surface area contributed by atoms with Crippen molar-refractivity contribution in [2.75, 3.05) is 13.7 Å². The van der Waals surface area contributed by atoms with Crippen LogP contribution in [-0.2, 0) is 23.9 Å². The number of rotatable bonds is 14. The summed E-state index contributed by atoms with van der Waals surface area (Å²) in [6.07, 6.45) is 3.28.